The first-order chi connectivity index (χ1) is 7.56. The van der Waals surface area contributed by atoms with Gasteiger partial charge in [-0.05, 0) is 13.3 Å². The van der Waals surface area contributed by atoms with E-state index in [2.05, 4.69) is 9.97 Å². The molecule has 0 bridgehead atoms. The lowest BCUT2D eigenvalue weighted by molar-refractivity contribution is 0.611. The Morgan fingerprint density at radius 3 is 2.69 bits per heavy atom. The number of fused-ring (bicyclic) bond motifs is 1. The van der Waals surface area contributed by atoms with Crippen molar-refractivity contribution in [2.24, 2.45) is 7.05 Å². The van der Waals surface area contributed by atoms with E-state index in [0.29, 0.717) is 23.5 Å². The zero-order valence-corrected chi connectivity index (χ0v) is 9.57. The first-order valence-electron chi connectivity index (χ1n) is 5.22. The van der Waals surface area contributed by atoms with Crippen LogP contribution in [0.1, 0.15) is 19.2 Å². The molecule has 0 aromatic carbocycles. The predicted octanol–water partition coefficient (Wildman–Crippen LogP) is 0.142. The minimum absolute atomic E-state index is 0.314. The number of hydrogen-bond donors (Lipinski definition) is 1. The molecule has 86 valence electrons. The maximum absolute atomic E-state index is 11.9. The molecule has 0 saturated heterocycles. The van der Waals surface area contributed by atoms with Crippen molar-refractivity contribution in [2.45, 2.75) is 26.8 Å². The molecule has 0 saturated carbocycles. The van der Waals surface area contributed by atoms with E-state index in [1.807, 2.05) is 6.92 Å². The molecule has 2 aromatic heterocycles. The Labute approximate surface area is 91.5 Å². The number of H-pyrrole nitrogens is 1. The molecule has 2 aromatic rings. The standard InChI is InChI=1S/C10H14N4O2/c1-4-5-14-8-7(11-6(2)12-8)9(15)13(3)10(14)16/h4-5H2,1-3H3,(H,11,12). The molecule has 2 rings (SSSR count). The Balaban J connectivity index is 2.97. The number of aromatic nitrogens is 4. The van der Waals surface area contributed by atoms with Gasteiger partial charge in [0.25, 0.3) is 5.56 Å². The van der Waals surface area contributed by atoms with Crippen molar-refractivity contribution in [3.05, 3.63) is 26.7 Å². The maximum atomic E-state index is 11.9. The largest absolute Gasteiger partial charge is 0.336 e. The average molecular weight is 222 g/mol. The van der Waals surface area contributed by atoms with Crippen LogP contribution >= 0.6 is 0 Å². The normalized spacial score (nSPS) is 11.2. The van der Waals surface area contributed by atoms with Crippen LogP contribution in [0.25, 0.3) is 11.2 Å². The summed E-state index contributed by atoms with van der Waals surface area (Å²) >= 11 is 0. The smallest absolute Gasteiger partial charge is 0.332 e. The Kier molecular flexibility index (Phi) is 2.41. The van der Waals surface area contributed by atoms with Crippen molar-refractivity contribution in [3.8, 4) is 0 Å². The average Bonchev–Trinajstić information content (AvgIpc) is 2.63. The minimum atomic E-state index is -0.326. The van der Waals surface area contributed by atoms with Gasteiger partial charge in [0.15, 0.2) is 5.65 Å². The van der Waals surface area contributed by atoms with E-state index in [4.69, 9.17) is 0 Å². The van der Waals surface area contributed by atoms with Gasteiger partial charge in [-0.15, -0.1) is 0 Å². The molecular weight excluding hydrogens is 208 g/mol. The highest BCUT2D eigenvalue weighted by atomic mass is 16.2. The third kappa shape index (κ3) is 1.37. The molecule has 6 heteroatoms. The van der Waals surface area contributed by atoms with E-state index in [-0.39, 0.29) is 11.2 Å². The number of imidazole rings is 1. The second kappa shape index (κ2) is 3.62. The van der Waals surface area contributed by atoms with Crippen molar-refractivity contribution in [3.63, 3.8) is 0 Å². The van der Waals surface area contributed by atoms with Crippen LogP contribution in [0.4, 0.5) is 0 Å². The van der Waals surface area contributed by atoms with Crippen molar-refractivity contribution in [2.75, 3.05) is 0 Å². The summed E-state index contributed by atoms with van der Waals surface area (Å²) in [5.41, 5.74) is 0.208. The van der Waals surface area contributed by atoms with E-state index >= 15 is 0 Å². The van der Waals surface area contributed by atoms with Crippen LogP contribution in [0.15, 0.2) is 9.59 Å². The lowest BCUT2D eigenvalue weighted by Gasteiger charge is -2.06. The molecule has 0 amide bonds. The topological polar surface area (TPSA) is 72.7 Å². The van der Waals surface area contributed by atoms with Gasteiger partial charge in [-0.25, -0.2) is 9.78 Å². The van der Waals surface area contributed by atoms with Gasteiger partial charge < -0.3 is 4.98 Å². The van der Waals surface area contributed by atoms with Crippen LogP contribution < -0.4 is 11.2 Å². The molecule has 16 heavy (non-hydrogen) atoms. The summed E-state index contributed by atoms with van der Waals surface area (Å²) in [5, 5.41) is 0. The van der Waals surface area contributed by atoms with Gasteiger partial charge in [0.05, 0.1) is 0 Å². The fraction of sp³-hybridized carbons (Fsp3) is 0.500. The van der Waals surface area contributed by atoms with Gasteiger partial charge in [0.1, 0.15) is 11.3 Å². The molecule has 0 radical (unpaired) electrons. The number of hydrogen-bond acceptors (Lipinski definition) is 3. The number of aromatic amines is 1. The summed E-state index contributed by atoms with van der Waals surface area (Å²) in [6.45, 7) is 4.30. The zero-order valence-electron chi connectivity index (χ0n) is 9.57. The fourth-order valence-corrected chi connectivity index (χ4v) is 1.78. The Morgan fingerprint density at radius 1 is 1.38 bits per heavy atom. The van der Waals surface area contributed by atoms with Crippen LogP contribution in [0, 0.1) is 6.92 Å². The summed E-state index contributed by atoms with van der Waals surface area (Å²) in [5.74, 6) is 0.641. The highest BCUT2D eigenvalue weighted by Gasteiger charge is 2.13. The van der Waals surface area contributed by atoms with E-state index in [1.54, 1.807) is 6.92 Å². The van der Waals surface area contributed by atoms with E-state index in [1.165, 1.54) is 11.6 Å². The monoisotopic (exact) mass is 222 g/mol. The summed E-state index contributed by atoms with van der Waals surface area (Å²) in [6.07, 6.45) is 0.819. The summed E-state index contributed by atoms with van der Waals surface area (Å²) in [6, 6.07) is 0. The molecule has 0 aliphatic carbocycles. The first-order valence-corrected chi connectivity index (χ1v) is 5.22. The second-order valence-corrected chi connectivity index (χ2v) is 3.82. The molecule has 0 atom stereocenters. The summed E-state index contributed by atoms with van der Waals surface area (Å²) < 4.78 is 2.63. The molecule has 0 spiro atoms. The Hall–Kier alpha value is -1.85. The van der Waals surface area contributed by atoms with Gasteiger partial charge in [-0.2, -0.15) is 0 Å². The highest BCUT2D eigenvalue weighted by molar-refractivity contribution is 5.69. The van der Waals surface area contributed by atoms with E-state index in [9.17, 15) is 9.59 Å². The number of aryl methyl sites for hydroxylation is 2. The third-order valence-electron chi connectivity index (χ3n) is 2.54. The Bertz CT molecular complexity index is 647. The van der Waals surface area contributed by atoms with Gasteiger partial charge >= 0.3 is 5.69 Å². The summed E-state index contributed by atoms with van der Waals surface area (Å²) in [4.78, 5) is 30.8. The molecule has 0 fully saturated rings. The quantitative estimate of drug-likeness (QED) is 0.785. The first kappa shape index (κ1) is 10.7. The van der Waals surface area contributed by atoms with Gasteiger partial charge in [0, 0.05) is 13.6 Å². The molecule has 6 nitrogen and oxygen atoms in total. The molecule has 2 heterocycles. The number of rotatable bonds is 2. The zero-order chi connectivity index (χ0) is 11.9. The fourth-order valence-electron chi connectivity index (χ4n) is 1.78. The van der Waals surface area contributed by atoms with Crippen LogP contribution in [-0.2, 0) is 13.6 Å². The SMILES string of the molecule is CCCn1c(=O)n(C)c(=O)c2[nH]c(C)nc21. The predicted molar refractivity (Wildman–Crippen MR) is 60.6 cm³/mol. The maximum Gasteiger partial charge on any atom is 0.332 e. The second-order valence-electron chi connectivity index (χ2n) is 3.82. The van der Waals surface area contributed by atoms with Gasteiger partial charge in [-0.1, -0.05) is 6.92 Å². The lowest BCUT2D eigenvalue weighted by atomic mass is 10.4. The molecule has 1 N–H and O–H groups in total. The number of nitrogens with zero attached hydrogens (tertiary/aromatic N) is 3. The van der Waals surface area contributed by atoms with Crippen LogP contribution in [0.5, 0.6) is 0 Å². The molecular formula is C10H14N4O2. The van der Waals surface area contributed by atoms with Gasteiger partial charge in [0.2, 0.25) is 0 Å². The molecule has 0 unspecified atom stereocenters. The van der Waals surface area contributed by atoms with Crippen LogP contribution in [-0.4, -0.2) is 19.1 Å². The van der Waals surface area contributed by atoms with Crippen molar-refractivity contribution in [1.29, 1.82) is 0 Å². The minimum Gasteiger partial charge on any atom is -0.336 e. The van der Waals surface area contributed by atoms with Crippen molar-refractivity contribution in [1.82, 2.24) is 19.1 Å². The van der Waals surface area contributed by atoms with Crippen molar-refractivity contribution < 1.29 is 0 Å². The molecule has 0 aliphatic heterocycles. The Morgan fingerprint density at radius 2 is 2.06 bits per heavy atom. The third-order valence-corrected chi connectivity index (χ3v) is 2.54. The number of nitrogens with one attached hydrogen (secondary N) is 1. The van der Waals surface area contributed by atoms with Crippen LogP contribution in [0.2, 0.25) is 0 Å². The lowest BCUT2D eigenvalue weighted by Crippen LogP contribution is -2.38. The van der Waals surface area contributed by atoms with E-state index in [0.717, 1.165) is 11.0 Å². The van der Waals surface area contributed by atoms with Crippen LogP contribution in [0.3, 0.4) is 0 Å². The summed E-state index contributed by atoms with van der Waals surface area (Å²) in [7, 11) is 1.48. The van der Waals surface area contributed by atoms with Gasteiger partial charge in [-0.3, -0.25) is 13.9 Å². The van der Waals surface area contributed by atoms with Crippen molar-refractivity contribution >= 4 is 11.2 Å². The van der Waals surface area contributed by atoms with E-state index < -0.39 is 0 Å². The highest BCUT2D eigenvalue weighted by Crippen LogP contribution is 2.04. The molecule has 0 aliphatic rings.